The molecule has 0 saturated carbocycles. The number of hydrogen-bond donors (Lipinski definition) is 0. The maximum absolute atomic E-state index is 14.4. The monoisotopic (exact) mass is 413 g/mol. The van der Waals surface area contributed by atoms with Gasteiger partial charge in [0.05, 0.1) is 26.0 Å². The Bertz CT molecular complexity index is 722. The van der Waals surface area contributed by atoms with Crippen molar-refractivity contribution < 1.29 is 27.8 Å². The summed E-state index contributed by atoms with van der Waals surface area (Å²) >= 11 is 0. The van der Waals surface area contributed by atoms with E-state index in [0.717, 1.165) is 19.3 Å². The van der Waals surface area contributed by atoms with Crippen LogP contribution in [0.4, 0.5) is 8.78 Å². The molecule has 0 N–H and O–H groups in total. The molecule has 2 rings (SSSR count). The number of carbonyl (C=O) groups excluding carboxylic acids is 1. The fraction of sp³-hybridized carbons (Fsp3) is 0.600. The maximum atomic E-state index is 14.4. The fourth-order valence-electron chi connectivity index (χ4n) is 2.60. The molecule has 0 unspecified atom stereocenters. The Balaban J connectivity index is 1.99. The van der Waals surface area contributed by atoms with Gasteiger partial charge in [0.1, 0.15) is 12.1 Å². The number of benzene rings is 1. The maximum Gasteiger partial charge on any atom is 0.333 e. The van der Waals surface area contributed by atoms with E-state index in [1.54, 1.807) is 27.8 Å². The summed E-state index contributed by atoms with van der Waals surface area (Å²) in [6, 6.07) is 2.76. The van der Waals surface area contributed by atoms with Gasteiger partial charge in [-0.3, -0.25) is 9.91 Å². The zero-order valence-corrected chi connectivity index (χ0v) is 17.4. The van der Waals surface area contributed by atoms with Crippen LogP contribution in [-0.2, 0) is 14.3 Å². The number of rotatable bonds is 9. The number of hydrogen-bond acceptors (Lipinski definition) is 7. The van der Waals surface area contributed by atoms with Gasteiger partial charge >= 0.3 is 5.97 Å². The third-order valence-corrected chi connectivity index (χ3v) is 4.80. The van der Waals surface area contributed by atoms with Gasteiger partial charge in [0.15, 0.2) is 11.6 Å². The van der Waals surface area contributed by atoms with Gasteiger partial charge in [-0.2, -0.15) is 9.49 Å². The lowest BCUT2D eigenvalue weighted by molar-refractivity contribution is -0.154. The third kappa shape index (κ3) is 6.11. The highest BCUT2D eigenvalue weighted by atomic mass is 19.2. The van der Waals surface area contributed by atoms with E-state index >= 15 is 0 Å². The number of carbonyl (C=O) groups is 1. The third-order valence-electron chi connectivity index (χ3n) is 4.80. The van der Waals surface area contributed by atoms with Crippen molar-refractivity contribution in [3.63, 3.8) is 0 Å². The van der Waals surface area contributed by atoms with Crippen molar-refractivity contribution in [2.24, 2.45) is 5.10 Å². The van der Waals surface area contributed by atoms with Crippen molar-refractivity contribution in [1.29, 1.82) is 0 Å². The number of ether oxygens (including phenoxy) is 3. The average molecular weight is 413 g/mol. The highest BCUT2D eigenvalue weighted by molar-refractivity contribution is 5.82. The van der Waals surface area contributed by atoms with Crippen molar-refractivity contribution in [2.75, 3.05) is 53.1 Å². The molecule has 7 nitrogen and oxygen atoms in total. The molecule has 1 fully saturated rings. The summed E-state index contributed by atoms with van der Waals surface area (Å²) in [6.07, 6.45) is 1.16. The van der Waals surface area contributed by atoms with E-state index < -0.39 is 23.1 Å². The standard InChI is InChI=1S/C20H29F2N3O4/c1-5-28-19(26)20(2,3)24(4)23-14-15-6-7-16(18(22)17(15)21)29-13-10-25-8-11-27-12-9-25/h6-7,14H,5,8-13H2,1-4H3. The molecule has 162 valence electrons. The summed E-state index contributed by atoms with van der Waals surface area (Å²) in [5, 5.41) is 5.41. The summed E-state index contributed by atoms with van der Waals surface area (Å²) in [6.45, 7) is 9.00. The Morgan fingerprint density at radius 3 is 2.66 bits per heavy atom. The molecule has 1 aromatic carbocycles. The molecule has 0 atom stereocenters. The fourth-order valence-corrected chi connectivity index (χ4v) is 2.60. The molecule has 1 aliphatic heterocycles. The summed E-state index contributed by atoms with van der Waals surface area (Å²) in [4.78, 5) is 14.1. The van der Waals surface area contributed by atoms with Crippen molar-refractivity contribution in [2.45, 2.75) is 26.3 Å². The van der Waals surface area contributed by atoms with Crippen molar-refractivity contribution in [3.8, 4) is 5.75 Å². The van der Waals surface area contributed by atoms with Gasteiger partial charge < -0.3 is 14.2 Å². The predicted molar refractivity (Wildman–Crippen MR) is 105 cm³/mol. The first kappa shape index (κ1) is 23.0. The lowest BCUT2D eigenvalue weighted by atomic mass is 10.1. The van der Waals surface area contributed by atoms with Crippen LogP contribution in [0.5, 0.6) is 5.75 Å². The van der Waals surface area contributed by atoms with Gasteiger partial charge in [0.2, 0.25) is 5.82 Å². The Hall–Kier alpha value is -2.26. The van der Waals surface area contributed by atoms with Crippen molar-refractivity contribution >= 4 is 12.2 Å². The topological polar surface area (TPSA) is 63.6 Å². The Morgan fingerprint density at radius 1 is 1.31 bits per heavy atom. The van der Waals surface area contributed by atoms with Gasteiger partial charge in [-0.15, -0.1) is 0 Å². The zero-order chi connectivity index (χ0) is 21.4. The molecule has 0 radical (unpaired) electrons. The van der Waals surface area contributed by atoms with E-state index in [9.17, 15) is 13.6 Å². The lowest BCUT2D eigenvalue weighted by Crippen LogP contribution is -2.46. The van der Waals surface area contributed by atoms with Crippen LogP contribution in [0.2, 0.25) is 0 Å². The zero-order valence-electron chi connectivity index (χ0n) is 17.4. The van der Waals surface area contributed by atoms with Crippen LogP contribution in [0, 0.1) is 11.6 Å². The van der Waals surface area contributed by atoms with E-state index in [2.05, 4.69) is 10.0 Å². The van der Waals surface area contributed by atoms with E-state index in [1.165, 1.54) is 17.1 Å². The SMILES string of the molecule is CCOC(=O)C(C)(C)N(C)N=Cc1ccc(OCCN2CCOCC2)c(F)c1F. The largest absolute Gasteiger partial charge is 0.489 e. The molecule has 9 heteroatoms. The Morgan fingerprint density at radius 2 is 2.00 bits per heavy atom. The van der Waals surface area contributed by atoms with Gasteiger partial charge in [-0.25, -0.2) is 9.18 Å². The number of halogens is 2. The molecule has 29 heavy (non-hydrogen) atoms. The van der Waals surface area contributed by atoms with Crippen LogP contribution < -0.4 is 4.74 Å². The minimum atomic E-state index is -1.07. The predicted octanol–water partition coefficient (Wildman–Crippen LogP) is 2.28. The molecular weight excluding hydrogens is 384 g/mol. The molecule has 1 saturated heterocycles. The first-order chi connectivity index (χ1) is 13.8. The molecule has 0 amide bonds. The molecule has 1 heterocycles. The molecule has 0 aromatic heterocycles. The minimum Gasteiger partial charge on any atom is -0.489 e. The quantitative estimate of drug-likeness (QED) is 0.352. The minimum absolute atomic E-state index is 0.0467. The molecule has 0 aliphatic carbocycles. The van der Waals surface area contributed by atoms with Gasteiger partial charge in [-0.1, -0.05) is 0 Å². The number of likely N-dealkylation sites (N-methyl/N-ethyl adjacent to an activating group) is 1. The number of esters is 1. The normalized spacial score (nSPS) is 15.5. The number of nitrogens with zero attached hydrogens (tertiary/aromatic N) is 3. The van der Waals surface area contributed by atoms with Crippen LogP contribution in [0.1, 0.15) is 26.3 Å². The summed E-state index contributed by atoms with van der Waals surface area (Å²) in [7, 11) is 1.56. The van der Waals surface area contributed by atoms with Gasteiger partial charge in [0, 0.05) is 32.2 Å². The van der Waals surface area contributed by atoms with Gasteiger partial charge in [0.25, 0.3) is 0 Å². The lowest BCUT2D eigenvalue weighted by Gasteiger charge is -2.30. The van der Waals surface area contributed by atoms with Crippen LogP contribution in [0.15, 0.2) is 17.2 Å². The Kier molecular flexibility index (Phi) is 8.33. The molecule has 1 aliphatic rings. The highest BCUT2D eigenvalue weighted by Crippen LogP contribution is 2.22. The second-order valence-corrected chi connectivity index (χ2v) is 7.13. The molecular formula is C20H29F2N3O4. The van der Waals surface area contributed by atoms with E-state index in [0.29, 0.717) is 19.8 Å². The second kappa shape index (κ2) is 10.5. The van der Waals surface area contributed by atoms with Crippen LogP contribution in [0.25, 0.3) is 0 Å². The Labute approximate surface area is 170 Å². The molecule has 1 aromatic rings. The summed E-state index contributed by atoms with van der Waals surface area (Å²) in [5.41, 5.74) is -1.10. The van der Waals surface area contributed by atoms with Gasteiger partial charge in [-0.05, 0) is 32.9 Å². The van der Waals surface area contributed by atoms with Crippen molar-refractivity contribution in [3.05, 3.63) is 29.3 Å². The number of hydrazone groups is 1. The molecule has 0 spiro atoms. The van der Waals surface area contributed by atoms with Crippen LogP contribution >= 0.6 is 0 Å². The molecule has 0 bridgehead atoms. The second-order valence-electron chi connectivity index (χ2n) is 7.13. The van der Waals surface area contributed by atoms with Crippen LogP contribution in [0.3, 0.4) is 0 Å². The highest BCUT2D eigenvalue weighted by Gasteiger charge is 2.33. The first-order valence-electron chi connectivity index (χ1n) is 9.63. The van der Waals surface area contributed by atoms with E-state index in [-0.39, 0.29) is 24.5 Å². The van der Waals surface area contributed by atoms with E-state index in [4.69, 9.17) is 14.2 Å². The average Bonchev–Trinajstić information content (AvgIpc) is 2.71. The first-order valence-corrected chi connectivity index (χ1v) is 9.63. The number of morpholine rings is 1. The smallest absolute Gasteiger partial charge is 0.333 e. The van der Waals surface area contributed by atoms with Crippen molar-refractivity contribution in [1.82, 2.24) is 9.91 Å². The van der Waals surface area contributed by atoms with Crippen LogP contribution in [-0.4, -0.2) is 80.7 Å². The van der Waals surface area contributed by atoms with E-state index in [1.807, 2.05) is 0 Å². The summed E-state index contributed by atoms with van der Waals surface area (Å²) in [5.74, 6) is -2.73. The summed E-state index contributed by atoms with van der Waals surface area (Å²) < 4.78 is 44.4.